The minimum Gasteiger partial charge on any atom is -0.495 e. The minimum absolute atomic E-state index is 0.145. The van der Waals surface area contributed by atoms with Gasteiger partial charge in [-0.1, -0.05) is 29.8 Å². The summed E-state index contributed by atoms with van der Waals surface area (Å²) < 4.78 is 5.08. The van der Waals surface area contributed by atoms with Gasteiger partial charge in [-0.05, 0) is 24.6 Å². The Balaban J connectivity index is 1.99. The molecule has 0 unspecified atom stereocenters. The van der Waals surface area contributed by atoms with Crippen molar-refractivity contribution in [1.29, 1.82) is 0 Å². The highest BCUT2D eigenvalue weighted by molar-refractivity contribution is 6.32. The highest BCUT2D eigenvalue weighted by Gasteiger charge is 2.11. The molecule has 0 fully saturated rings. The second-order valence-electron chi connectivity index (χ2n) is 4.41. The first-order valence-electron chi connectivity index (χ1n) is 6.41. The fraction of sp³-hybridized carbons (Fsp3) is 0.200. The highest BCUT2D eigenvalue weighted by Crippen LogP contribution is 2.27. The van der Waals surface area contributed by atoms with Crippen LogP contribution in [-0.4, -0.2) is 18.6 Å². The molecule has 0 radical (unpaired) electrons. The average Bonchev–Trinajstić information content (AvgIpc) is 2.48. The summed E-state index contributed by atoms with van der Waals surface area (Å²) in [5.74, 6) is 0.612. The Kier molecular flexibility index (Phi) is 5.00. The molecular formula is C15H15ClN2O3. The van der Waals surface area contributed by atoms with E-state index >= 15 is 0 Å². The van der Waals surface area contributed by atoms with Gasteiger partial charge in [-0.2, -0.15) is 0 Å². The molecule has 0 amide bonds. The molecule has 0 saturated heterocycles. The zero-order valence-corrected chi connectivity index (χ0v) is 12.3. The Morgan fingerprint density at radius 3 is 2.71 bits per heavy atom. The van der Waals surface area contributed by atoms with Gasteiger partial charge in [0.25, 0.3) is 5.69 Å². The van der Waals surface area contributed by atoms with Crippen molar-refractivity contribution >= 4 is 23.0 Å². The van der Waals surface area contributed by atoms with Crippen molar-refractivity contribution in [2.24, 2.45) is 0 Å². The van der Waals surface area contributed by atoms with Gasteiger partial charge in [0.05, 0.1) is 17.1 Å². The van der Waals surface area contributed by atoms with Crippen LogP contribution in [0.4, 0.5) is 11.4 Å². The van der Waals surface area contributed by atoms with E-state index in [1.807, 2.05) is 6.07 Å². The fourth-order valence-corrected chi connectivity index (χ4v) is 2.28. The lowest BCUT2D eigenvalue weighted by molar-refractivity contribution is -0.385. The van der Waals surface area contributed by atoms with Gasteiger partial charge in [-0.25, -0.2) is 0 Å². The van der Waals surface area contributed by atoms with Crippen LogP contribution in [0.5, 0.6) is 5.75 Å². The molecule has 0 atom stereocenters. The summed E-state index contributed by atoms with van der Waals surface area (Å²) in [6, 6.07) is 12.1. The summed E-state index contributed by atoms with van der Waals surface area (Å²) in [5, 5.41) is 14.6. The van der Waals surface area contributed by atoms with Crippen molar-refractivity contribution < 1.29 is 9.66 Å². The molecule has 2 rings (SSSR count). The number of methoxy groups -OCH3 is 1. The molecule has 6 heteroatoms. The maximum atomic E-state index is 10.9. The van der Waals surface area contributed by atoms with E-state index in [4.69, 9.17) is 16.3 Å². The van der Waals surface area contributed by atoms with Crippen LogP contribution in [-0.2, 0) is 6.42 Å². The Hall–Kier alpha value is -2.27. The number of benzene rings is 2. The summed E-state index contributed by atoms with van der Waals surface area (Å²) in [5.41, 5.74) is 1.70. The quantitative estimate of drug-likeness (QED) is 0.649. The van der Waals surface area contributed by atoms with Gasteiger partial charge >= 0.3 is 0 Å². The predicted molar refractivity (Wildman–Crippen MR) is 83.3 cm³/mol. The minimum atomic E-state index is -0.362. The van der Waals surface area contributed by atoms with Crippen LogP contribution in [0.15, 0.2) is 42.5 Å². The maximum absolute atomic E-state index is 10.9. The van der Waals surface area contributed by atoms with Gasteiger partial charge in [-0.3, -0.25) is 10.1 Å². The summed E-state index contributed by atoms with van der Waals surface area (Å²) in [4.78, 5) is 10.6. The van der Waals surface area contributed by atoms with Gasteiger partial charge in [-0.15, -0.1) is 0 Å². The molecule has 2 aromatic rings. The molecule has 21 heavy (non-hydrogen) atoms. The van der Waals surface area contributed by atoms with Crippen molar-refractivity contribution in [2.45, 2.75) is 6.42 Å². The SMILES string of the molecule is COc1ccc(NCCc2ccccc2[N+](=O)[O-])cc1Cl. The van der Waals surface area contributed by atoms with E-state index in [1.54, 1.807) is 37.4 Å². The van der Waals surface area contributed by atoms with Crippen molar-refractivity contribution in [3.63, 3.8) is 0 Å². The van der Waals surface area contributed by atoms with Crippen molar-refractivity contribution in [3.8, 4) is 5.75 Å². The largest absolute Gasteiger partial charge is 0.495 e. The fourth-order valence-electron chi connectivity index (χ4n) is 2.02. The monoisotopic (exact) mass is 306 g/mol. The molecule has 0 bridgehead atoms. The average molecular weight is 307 g/mol. The number of halogens is 1. The van der Waals surface area contributed by atoms with Gasteiger partial charge in [0.2, 0.25) is 0 Å². The second-order valence-corrected chi connectivity index (χ2v) is 4.82. The number of nitro groups is 1. The van der Waals surface area contributed by atoms with Crippen LogP contribution in [0.25, 0.3) is 0 Å². The number of nitrogens with one attached hydrogen (secondary N) is 1. The maximum Gasteiger partial charge on any atom is 0.272 e. The summed E-state index contributed by atoms with van der Waals surface area (Å²) in [7, 11) is 1.56. The van der Waals surface area contributed by atoms with Crippen molar-refractivity contribution in [3.05, 3.63) is 63.2 Å². The lowest BCUT2D eigenvalue weighted by atomic mass is 10.1. The molecule has 1 N–H and O–H groups in total. The molecule has 0 aliphatic rings. The zero-order valence-electron chi connectivity index (χ0n) is 11.5. The van der Waals surface area contributed by atoms with Gasteiger partial charge in [0, 0.05) is 23.9 Å². The standard InChI is InChI=1S/C15H15ClN2O3/c1-21-15-7-6-12(10-13(15)16)17-9-8-11-4-2-3-5-14(11)18(19)20/h2-7,10,17H,8-9H2,1H3. The molecular weight excluding hydrogens is 292 g/mol. The van der Waals surface area contributed by atoms with E-state index in [2.05, 4.69) is 5.32 Å². The molecule has 0 aliphatic heterocycles. The summed E-state index contributed by atoms with van der Waals surface area (Å²) >= 11 is 6.04. The van der Waals surface area contributed by atoms with E-state index in [-0.39, 0.29) is 10.6 Å². The number of ether oxygens (including phenoxy) is 1. The van der Waals surface area contributed by atoms with Crippen LogP contribution >= 0.6 is 11.6 Å². The van der Waals surface area contributed by atoms with E-state index in [0.717, 1.165) is 5.69 Å². The Bertz CT molecular complexity index is 647. The van der Waals surface area contributed by atoms with E-state index in [9.17, 15) is 10.1 Å². The lowest BCUT2D eigenvalue weighted by Gasteiger charge is -2.09. The third-order valence-electron chi connectivity index (χ3n) is 3.06. The number of para-hydroxylation sites is 1. The van der Waals surface area contributed by atoms with E-state index < -0.39 is 0 Å². The number of hydrogen-bond acceptors (Lipinski definition) is 4. The van der Waals surface area contributed by atoms with Crippen LogP contribution in [0, 0.1) is 10.1 Å². The smallest absolute Gasteiger partial charge is 0.272 e. The van der Waals surface area contributed by atoms with Gasteiger partial charge in [0.1, 0.15) is 5.75 Å². The lowest BCUT2D eigenvalue weighted by Crippen LogP contribution is -2.06. The number of hydrogen-bond donors (Lipinski definition) is 1. The number of nitrogens with zero attached hydrogens (tertiary/aromatic N) is 1. The Morgan fingerprint density at radius 2 is 2.05 bits per heavy atom. The van der Waals surface area contributed by atoms with Crippen molar-refractivity contribution in [1.82, 2.24) is 0 Å². The molecule has 110 valence electrons. The normalized spacial score (nSPS) is 10.2. The Labute approximate surface area is 127 Å². The first-order valence-corrected chi connectivity index (χ1v) is 6.79. The topological polar surface area (TPSA) is 64.4 Å². The first kappa shape index (κ1) is 15.1. The first-order chi connectivity index (χ1) is 10.1. The third kappa shape index (κ3) is 3.86. The molecule has 0 heterocycles. The van der Waals surface area contributed by atoms with Crippen LogP contribution in [0.1, 0.15) is 5.56 Å². The molecule has 0 aliphatic carbocycles. The van der Waals surface area contributed by atoms with Gasteiger partial charge < -0.3 is 10.1 Å². The third-order valence-corrected chi connectivity index (χ3v) is 3.36. The Morgan fingerprint density at radius 1 is 1.29 bits per heavy atom. The summed E-state index contributed by atoms with van der Waals surface area (Å²) in [6.45, 7) is 0.577. The number of rotatable bonds is 6. The highest BCUT2D eigenvalue weighted by atomic mass is 35.5. The van der Waals surface area contributed by atoms with Crippen molar-refractivity contribution in [2.75, 3.05) is 19.0 Å². The van der Waals surface area contributed by atoms with Crippen LogP contribution in [0.3, 0.4) is 0 Å². The molecule has 0 aromatic heterocycles. The molecule has 0 saturated carbocycles. The molecule has 2 aromatic carbocycles. The van der Waals surface area contributed by atoms with Gasteiger partial charge in [0.15, 0.2) is 0 Å². The second kappa shape index (κ2) is 6.95. The predicted octanol–water partition coefficient (Wildman–Crippen LogP) is 3.91. The van der Waals surface area contributed by atoms with Crippen LogP contribution < -0.4 is 10.1 Å². The molecule has 0 spiro atoms. The summed E-state index contributed by atoms with van der Waals surface area (Å²) in [6.07, 6.45) is 0.556. The van der Waals surface area contributed by atoms with E-state index in [1.165, 1.54) is 6.07 Å². The van der Waals surface area contributed by atoms with Crippen LogP contribution in [0.2, 0.25) is 5.02 Å². The zero-order chi connectivity index (χ0) is 15.2. The van der Waals surface area contributed by atoms with E-state index in [0.29, 0.717) is 29.3 Å². The molecule has 5 nitrogen and oxygen atoms in total. The number of anilines is 1. The number of nitro benzene ring substituents is 1.